The molecule has 10 heavy (non-hydrogen) atoms. The predicted octanol–water partition coefficient (Wildman–Crippen LogP) is 0.656. The van der Waals surface area contributed by atoms with Crippen LogP contribution >= 0.6 is 0 Å². The van der Waals surface area contributed by atoms with Crippen LogP contribution in [0.25, 0.3) is 0 Å². The molecular weight excluding hydrogens is 294 g/mol. The van der Waals surface area contributed by atoms with Crippen LogP contribution in [-0.4, -0.2) is 37.5 Å². The molecule has 0 aromatic heterocycles. The average molecular weight is 301 g/mol. The zero-order valence-corrected chi connectivity index (χ0v) is 10.0. The van der Waals surface area contributed by atoms with E-state index in [1.165, 1.54) is 27.0 Å². The molecule has 0 heterocycles. The summed E-state index contributed by atoms with van der Waals surface area (Å²) in [6.45, 7) is 0. The van der Waals surface area contributed by atoms with Crippen molar-refractivity contribution in [2.75, 3.05) is 0 Å². The molecule has 0 fully saturated rings. The van der Waals surface area contributed by atoms with Crippen LogP contribution < -0.4 is 4.46 Å². The van der Waals surface area contributed by atoms with Crippen LogP contribution in [0.1, 0.15) is 0 Å². The van der Waals surface area contributed by atoms with E-state index >= 15 is 0 Å². The van der Waals surface area contributed by atoms with Gasteiger partial charge in [0, 0.05) is 0 Å². The van der Waals surface area contributed by atoms with Gasteiger partial charge in [0.2, 0.25) is 0 Å². The summed E-state index contributed by atoms with van der Waals surface area (Å²) in [5.41, 5.74) is 0. The van der Waals surface area contributed by atoms with Crippen molar-refractivity contribution in [1.82, 2.24) is 0 Å². The average Bonchev–Trinajstić information content (AvgIpc) is 2.03. The van der Waals surface area contributed by atoms with Crippen LogP contribution in [0.15, 0.2) is 39.4 Å². The van der Waals surface area contributed by atoms with Gasteiger partial charge in [0.1, 0.15) is 0 Å². The molecule has 3 radical (unpaired) electrons. The van der Waals surface area contributed by atoms with Crippen molar-refractivity contribution in [2.45, 2.75) is 0 Å². The fourth-order valence-corrected chi connectivity index (χ4v) is 2.75. The topological polar surface area (TPSA) is 0 Å². The van der Waals surface area contributed by atoms with E-state index in [-0.39, 0.29) is 0 Å². The van der Waals surface area contributed by atoms with Gasteiger partial charge >= 0.3 is 81.3 Å². The normalized spacial score (nSPS) is 10.5. The zero-order valence-electron chi connectivity index (χ0n) is 5.45. The molecule has 0 saturated heterocycles. The number of hydrogen-bond acceptors (Lipinski definition) is 0. The Balaban J connectivity index is 2.59. The van der Waals surface area contributed by atoms with Crippen LogP contribution in [0.5, 0.6) is 0 Å². The molecule has 0 nitrogen and oxygen atoms in total. The van der Waals surface area contributed by atoms with Crippen molar-refractivity contribution in [3.8, 4) is 0 Å². The van der Waals surface area contributed by atoms with E-state index in [9.17, 15) is 0 Å². The van der Waals surface area contributed by atoms with Gasteiger partial charge in [-0.2, -0.15) is 0 Å². The van der Waals surface area contributed by atoms with Crippen LogP contribution in [0.3, 0.4) is 0 Å². The maximum atomic E-state index is 2.26. The van der Waals surface area contributed by atoms with E-state index < -0.39 is 0 Å². The van der Waals surface area contributed by atoms with Gasteiger partial charge in [-0.3, -0.25) is 0 Å². The summed E-state index contributed by atoms with van der Waals surface area (Å²) in [4.78, 5) is 2.26. The Morgan fingerprint density at radius 1 is 1.20 bits per heavy atom. The van der Waals surface area contributed by atoms with E-state index in [2.05, 4.69) is 39.4 Å². The minimum atomic E-state index is 0.560. The zero-order chi connectivity index (χ0) is 7.23. The van der Waals surface area contributed by atoms with Crippen molar-refractivity contribution in [3.05, 3.63) is 39.4 Å². The molecule has 0 amide bonds. The van der Waals surface area contributed by atoms with E-state index in [1.54, 1.807) is 0 Å². The molecule has 0 aliphatic rings. The van der Waals surface area contributed by atoms with E-state index in [4.69, 9.17) is 0 Å². The molecule has 0 aliphatic heterocycles. The predicted molar refractivity (Wildman–Crippen MR) is 46.7 cm³/mol. The number of hydrogen-bond donors (Lipinski definition) is 0. The molecule has 0 N–H and O–H groups in total. The van der Waals surface area contributed by atoms with Gasteiger partial charge in [0.05, 0.1) is 0 Å². The fraction of sp³-hybridized carbons (Fsp3) is 0. The first-order chi connectivity index (χ1) is 4.93. The summed E-state index contributed by atoms with van der Waals surface area (Å²) in [5.74, 6) is 0. The Morgan fingerprint density at radius 2 is 1.90 bits per heavy atom. The molecule has 1 rings (SSSR count). The second-order valence-electron chi connectivity index (χ2n) is 1.73. The molecule has 0 bridgehead atoms. The first-order valence-corrected chi connectivity index (χ1v) is 6.47. The van der Waals surface area contributed by atoms with Crippen molar-refractivity contribution in [2.24, 2.45) is 0 Å². The fourth-order valence-electron chi connectivity index (χ4n) is 0.612. The summed E-state index contributed by atoms with van der Waals surface area (Å²) in [6.07, 6.45) is 0. The van der Waals surface area contributed by atoms with E-state index in [0.29, 0.717) is 15.0 Å². The van der Waals surface area contributed by atoms with E-state index in [1.807, 2.05) is 0 Å². The summed E-state index contributed by atoms with van der Waals surface area (Å²) in [6, 6.07) is 10.6. The summed E-state index contributed by atoms with van der Waals surface area (Å²) < 4.78 is 3.65. The SMILES string of the molecule is [Sn]/[CH]=C/[Se]c1ccccc1. The molecule has 0 saturated carbocycles. The Morgan fingerprint density at radius 3 is 2.50 bits per heavy atom. The summed E-state index contributed by atoms with van der Waals surface area (Å²) in [5, 5.41) is 0. The molecule has 0 spiro atoms. The van der Waals surface area contributed by atoms with Gasteiger partial charge in [0.15, 0.2) is 0 Å². The summed E-state index contributed by atoms with van der Waals surface area (Å²) >= 11 is 2.05. The van der Waals surface area contributed by atoms with Crippen molar-refractivity contribution >= 4 is 41.9 Å². The third kappa shape index (κ3) is 2.91. The van der Waals surface area contributed by atoms with Gasteiger partial charge in [-0.25, -0.2) is 0 Å². The third-order valence-electron chi connectivity index (χ3n) is 1.02. The van der Waals surface area contributed by atoms with Crippen LogP contribution in [0.2, 0.25) is 0 Å². The third-order valence-corrected chi connectivity index (χ3v) is 4.75. The second kappa shape index (κ2) is 5.00. The van der Waals surface area contributed by atoms with Crippen molar-refractivity contribution < 1.29 is 0 Å². The van der Waals surface area contributed by atoms with Crippen molar-refractivity contribution in [3.63, 3.8) is 0 Å². The Labute approximate surface area is 81.0 Å². The summed E-state index contributed by atoms with van der Waals surface area (Å²) in [7, 11) is 0. The molecule has 2 heteroatoms. The molecule has 1 aromatic carbocycles. The molecular formula is C8H7SeSn. The Bertz CT molecular complexity index is 206. The van der Waals surface area contributed by atoms with Crippen LogP contribution in [0, 0.1) is 0 Å². The van der Waals surface area contributed by atoms with Gasteiger partial charge in [-0.1, -0.05) is 0 Å². The van der Waals surface area contributed by atoms with E-state index in [0.717, 1.165) is 0 Å². The monoisotopic (exact) mass is 303 g/mol. The first kappa shape index (κ1) is 8.38. The number of rotatable bonds is 2. The Hall–Kier alpha value is 0.278. The standard InChI is InChI=1S/C8H7Se.Sn/c1-2-9-8-6-4-3-5-7-8;/h1-7H;. The molecule has 0 atom stereocenters. The first-order valence-electron chi connectivity index (χ1n) is 2.97. The van der Waals surface area contributed by atoms with Gasteiger partial charge < -0.3 is 0 Å². The van der Waals surface area contributed by atoms with Crippen LogP contribution in [0.4, 0.5) is 0 Å². The number of benzene rings is 1. The maximum absolute atomic E-state index is 2.26. The molecule has 0 unspecified atom stereocenters. The van der Waals surface area contributed by atoms with Crippen molar-refractivity contribution in [1.29, 1.82) is 0 Å². The minimum absolute atomic E-state index is 0.560. The van der Waals surface area contributed by atoms with Gasteiger partial charge in [-0.15, -0.1) is 0 Å². The second-order valence-corrected chi connectivity index (χ2v) is 4.74. The molecule has 49 valence electrons. The van der Waals surface area contributed by atoms with Gasteiger partial charge in [0.25, 0.3) is 0 Å². The molecule has 1 aromatic rings. The van der Waals surface area contributed by atoms with Crippen LogP contribution in [-0.2, 0) is 0 Å². The molecule has 0 aliphatic carbocycles. The van der Waals surface area contributed by atoms with Gasteiger partial charge in [-0.05, 0) is 0 Å². The Kier molecular flexibility index (Phi) is 4.19. The quantitative estimate of drug-likeness (QED) is 0.704.